The molecular weight excluding hydrogens is 485 g/mol. The molecule has 0 N–H and O–H groups in total. The van der Waals surface area contributed by atoms with E-state index in [4.69, 9.17) is 38.0 Å². The SMILES string of the molecule is Cc1nn(-c2ccccc2)c2c1P(=S)(N1CCCCC1)OC(/C(C#N)=C/c1ccc(Cl)cc1)=N2. The molecule has 0 amide bonds. The molecule has 2 aliphatic rings. The minimum absolute atomic E-state index is 0.246. The molecule has 6 nitrogen and oxygen atoms in total. The Balaban J connectivity index is 1.69. The van der Waals surface area contributed by atoms with Crippen LogP contribution in [0.3, 0.4) is 0 Å². The van der Waals surface area contributed by atoms with Crippen LogP contribution in [0.4, 0.5) is 5.82 Å². The highest BCUT2D eigenvalue weighted by Crippen LogP contribution is 2.57. The monoisotopic (exact) mass is 507 g/mol. The first-order valence-corrected chi connectivity index (χ1v) is 14.2. The van der Waals surface area contributed by atoms with Crippen molar-refractivity contribution in [3.8, 4) is 11.8 Å². The standard InChI is InChI=1S/C25H23ClN5OPS/c1-18-23-24(31(29-18)22-8-4-2-5-9-22)28-25(32-33(23,34)30-14-6-3-7-15-30)20(17-27)16-19-10-12-21(26)13-11-19/h2,4-5,8-13,16H,3,6-7,14-15H2,1H3/b20-16+. The van der Waals surface area contributed by atoms with Crippen LogP contribution in [-0.2, 0) is 16.3 Å². The van der Waals surface area contributed by atoms with E-state index in [-0.39, 0.29) is 5.90 Å². The summed E-state index contributed by atoms with van der Waals surface area (Å²) >= 11 is 12.4. The molecule has 0 spiro atoms. The predicted octanol–water partition coefficient (Wildman–Crippen LogP) is 5.92. The summed E-state index contributed by atoms with van der Waals surface area (Å²) < 4.78 is 10.6. The van der Waals surface area contributed by atoms with Crippen LogP contribution < -0.4 is 5.30 Å². The molecule has 5 rings (SSSR count). The Morgan fingerprint density at radius 1 is 1.12 bits per heavy atom. The molecule has 3 heterocycles. The number of hydrogen-bond acceptors (Lipinski definition) is 5. The van der Waals surface area contributed by atoms with E-state index in [9.17, 15) is 5.26 Å². The summed E-state index contributed by atoms with van der Waals surface area (Å²) in [6.45, 7) is 3.69. The fourth-order valence-corrected chi connectivity index (χ4v) is 8.28. The van der Waals surface area contributed by atoms with Crippen molar-refractivity contribution in [3.05, 3.63) is 76.5 Å². The average molecular weight is 508 g/mol. The molecule has 2 aromatic carbocycles. The number of rotatable bonds is 4. The third kappa shape index (κ3) is 4.23. The van der Waals surface area contributed by atoms with Crippen LogP contribution in [-0.4, -0.2) is 33.4 Å². The van der Waals surface area contributed by atoms with E-state index >= 15 is 0 Å². The van der Waals surface area contributed by atoms with E-state index in [1.807, 2.05) is 54.1 Å². The number of halogens is 1. The van der Waals surface area contributed by atoms with Crippen molar-refractivity contribution >= 4 is 52.9 Å². The molecule has 34 heavy (non-hydrogen) atoms. The van der Waals surface area contributed by atoms with Crippen LogP contribution in [0, 0.1) is 18.3 Å². The Kier molecular flexibility index (Phi) is 6.42. The van der Waals surface area contributed by atoms with E-state index in [2.05, 4.69) is 10.7 Å². The summed E-state index contributed by atoms with van der Waals surface area (Å²) in [7, 11) is 0. The van der Waals surface area contributed by atoms with Gasteiger partial charge in [-0.15, -0.1) is 0 Å². The maximum Gasteiger partial charge on any atom is 0.238 e. The van der Waals surface area contributed by atoms with Crippen LogP contribution in [0.2, 0.25) is 5.02 Å². The van der Waals surface area contributed by atoms with E-state index in [1.165, 1.54) is 6.42 Å². The van der Waals surface area contributed by atoms with Crippen LogP contribution >= 0.6 is 18.0 Å². The molecule has 0 radical (unpaired) electrons. The average Bonchev–Trinajstić information content (AvgIpc) is 3.21. The van der Waals surface area contributed by atoms with Crippen LogP contribution in [0.5, 0.6) is 0 Å². The van der Waals surface area contributed by atoms with Gasteiger partial charge in [0.1, 0.15) is 16.9 Å². The van der Waals surface area contributed by atoms with Gasteiger partial charge in [0.2, 0.25) is 12.3 Å². The zero-order chi connectivity index (χ0) is 23.7. The first-order valence-electron chi connectivity index (χ1n) is 11.2. The number of aromatic nitrogens is 2. The summed E-state index contributed by atoms with van der Waals surface area (Å²) in [6, 6.07) is 19.4. The van der Waals surface area contributed by atoms with E-state index in [0.29, 0.717) is 16.4 Å². The van der Waals surface area contributed by atoms with Gasteiger partial charge in [-0.3, -0.25) is 0 Å². The fourth-order valence-electron chi connectivity index (χ4n) is 4.28. The summed E-state index contributed by atoms with van der Waals surface area (Å²) in [5.41, 5.74) is 2.85. The van der Waals surface area contributed by atoms with Gasteiger partial charge in [-0.2, -0.15) is 15.4 Å². The number of hydrogen-bond donors (Lipinski definition) is 0. The van der Waals surface area contributed by atoms with Crippen LogP contribution in [0.1, 0.15) is 30.5 Å². The van der Waals surface area contributed by atoms with Gasteiger partial charge in [0.15, 0.2) is 5.82 Å². The number of aliphatic imine (C=N–C) groups is 1. The molecule has 172 valence electrons. The Labute approximate surface area is 209 Å². The molecule has 1 aromatic heterocycles. The van der Waals surface area contributed by atoms with Crippen LogP contribution in [0.15, 0.2) is 65.2 Å². The Morgan fingerprint density at radius 2 is 1.82 bits per heavy atom. The van der Waals surface area contributed by atoms with Crippen molar-refractivity contribution in [2.75, 3.05) is 13.1 Å². The van der Waals surface area contributed by atoms with E-state index in [0.717, 1.165) is 48.2 Å². The highest BCUT2D eigenvalue weighted by molar-refractivity contribution is 8.15. The lowest BCUT2D eigenvalue weighted by molar-refractivity contribution is 0.345. The lowest BCUT2D eigenvalue weighted by Gasteiger charge is -2.38. The van der Waals surface area contributed by atoms with E-state index < -0.39 is 6.42 Å². The Bertz CT molecular complexity index is 1370. The molecule has 0 aliphatic carbocycles. The second-order valence-corrected chi connectivity index (χ2v) is 12.4. The normalized spacial score (nSPS) is 20.7. The quantitative estimate of drug-likeness (QED) is 0.324. The molecule has 3 aromatic rings. The maximum atomic E-state index is 10.1. The minimum Gasteiger partial charge on any atom is -0.430 e. The molecule has 1 unspecified atom stereocenters. The second-order valence-electron chi connectivity index (χ2n) is 8.27. The summed E-state index contributed by atoms with van der Waals surface area (Å²) in [5, 5.41) is 16.4. The smallest absolute Gasteiger partial charge is 0.238 e. The largest absolute Gasteiger partial charge is 0.430 e. The molecule has 0 saturated carbocycles. The Hall–Kier alpha value is -2.75. The van der Waals surface area contributed by atoms with Crippen molar-refractivity contribution in [2.24, 2.45) is 4.99 Å². The van der Waals surface area contributed by atoms with Gasteiger partial charge >= 0.3 is 0 Å². The first kappa shape index (κ1) is 23.0. The Morgan fingerprint density at radius 3 is 2.50 bits per heavy atom. The number of benzene rings is 2. The zero-order valence-electron chi connectivity index (χ0n) is 18.7. The van der Waals surface area contributed by atoms with Crippen LogP contribution in [0.25, 0.3) is 11.8 Å². The third-order valence-corrected chi connectivity index (χ3v) is 10.3. The van der Waals surface area contributed by atoms with Gasteiger partial charge in [-0.1, -0.05) is 48.4 Å². The topological polar surface area (TPSA) is 66.4 Å². The van der Waals surface area contributed by atoms with Gasteiger partial charge < -0.3 is 4.52 Å². The second kappa shape index (κ2) is 9.48. The molecule has 9 heteroatoms. The van der Waals surface area contributed by atoms with Gasteiger partial charge in [-0.05, 0) is 67.5 Å². The highest BCUT2D eigenvalue weighted by atomic mass is 35.5. The number of para-hydroxylation sites is 1. The van der Waals surface area contributed by atoms with Crippen molar-refractivity contribution in [1.82, 2.24) is 14.5 Å². The van der Waals surface area contributed by atoms with Crippen molar-refractivity contribution < 1.29 is 4.52 Å². The van der Waals surface area contributed by atoms with Gasteiger partial charge in [0.05, 0.1) is 11.4 Å². The first-order chi connectivity index (χ1) is 16.5. The maximum absolute atomic E-state index is 10.1. The molecule has 2 aliphatic heterocycles. The molecule has 1 atom stereocenters. The highest BCUT2D eigenvalue weighted by Gasteiger charge is 2.42. The van der Waals surface area contributed by atoms with Gasteiger partial charge in [0, 0.05) is 18.1 Å². The zero-order valence-corrected chi connectivity index (χ0v) is 21.2. The molecular formula is C25H23ClN5OPS. The minimum atomic E-state index is -2.71. The number of fused-ring (bicyclic) bond motifs is 1. The van der Waals surface area contributed by atoms with Gasteiger partial charge in [0.25, 0.3) is 0 Å². The summed E-state index contributed by atoms with van der Waals surface area (Å²) in [6.07, 6.45) is 2.37. The number of nitrogens with zero attached hydrogens (tertiary/aromatic N) is 5. The van der Waals surface area contributed by atoms with Crippen molar-refractivity contribution in [2.45, 2.75) is 26.2 Å². The fraction of sp³-hybridized carbons (Fsp3) is 0.240. The molecule has 0 bridgehead atoms. The molecule has 1 fully saturated rings. The van der Waals surface area contributed by atoms with Crippen molar-refractivity contribution in [1.29, 1.82) is 5.26 Å². The lowest BCUT2D eigenvalue weighted by Crippen LogP contribution is -2.35. The number of piperidine rings is 1. The summed E-state index contributed by atoms with van der Waals surface area (Å²) in [5.74, 6) is 0.895. The number of aryl methyl sites for hydroxylation is 1. The van der Waals surface area contributed by atoms with Gasteiger partial charge in [-0.25, -0.2) is 9.35 Å². The lowest BCUT2D eigenvalue weighted by atomic mass is 10.1. The molecule has 1 saturated heterocycles. The number of nitriles is 1. The summed E-state index contributed by atoms with van der Waals surface area (Å²) in [4.78, 5) is 4.83. The third-order valence-electron chi connectivity index (χ3n) is 5.94. The van der Waals surface area contributed by atoms with E-state index in [1.54, 1.807) is 18.2 Å². The van der Waals surface area contributed by atoms with Crippen molar-refractivity contribution in [3.63, 3.8) is 0 Å². The predicted molar refractivity (Wildman–Crippen MR) is 141 cm³/mol.